The van der Waals surface area contributed by atoms with Crippen LogP contribution in [-0.4, -0.2) is 31.2 Å². The van der Waals surface area contributed by atoms with Crippen molar-refractivity contribution in [1.29, 1.82) is 0 Å². The summed E-state index contributed by atoms with van der Waals surface area (Å²) in [5.74, 6) is 1.64. The Balaban J connectivity index is 1.97. The van der Waals surface area contributed by atoms with E-state index in [4.69, 9.17) is 14.2 Å². The van der Waals surface area contributed by atoms with E-state index < -0.39 is 4.92 Å². The predicted octanol–water partition coefficient (Wildman–Crippen LogP) is 4.40. The molecule has 0 fully saturated rings. The summed E-state index contributed by atoms with van der Waals surface area (Å²) in [7, 11) is 4.67. The van der Waals surface area contributed by atoms with E-state index in [1.807, 2.05) is 18.2 Å². The average molecular weight is 372 g/mol. The Morgan fingerprint density at radius 2 is 1.81 bits per heavy atom. The maximum Gasteiger partial charge on any atom is 0.270 e. The Morgan fingerprint density at radius 1 is 1.04 bits per heavy atom. The smallest absolute Gasteiger partial charge is 0.270 e. The summed E-state index contributed by atoms with van der Waals surface area (Å²) in [5, 5.41) is 11.6. The van der Waals surface area contributed by atoms with Gasteiger partial charge in [0, 0.05) is 17.7 Å². The van der Waals surface area contributed by atoms with Crippen LogP contribution in [0.2, 0.25) is 0 Å². The molecule has 7 nitrogen and oxygen atoms in total. The van der Waals surface area contributed by atoms with Gasteiger partial charge >= 0.3 is 0 Å². The Bertz CT molecular complexity index is 997. The molecule has 3 rings (SSSR count). The van der Waals surface area contributed by atoms with Crippen LogP contribution >= 0.6 is 11.3 Å². The van der Waals surface area contributed by atoms with Crippen molar-refractivity contribution in [3.8, 4) is 17.2 Å². The third-order valence-corrected chi connectivity index (χ3v) is 4.72. The van der Waals surface area contributed by atoms with Gasteiger partial charge in [0.1, 0.15) is 5.01 Å². The number of nitrogens with zero attached hydrogens (tertiary/aromatic N) is 2. The first-order valence-corrected chi connectivity index (χ1v) is 8.41. The molecule has 0 saturated heterocycles. The fraction of sp³-hybridized carbons (Fsp3) is 0.167. The number of hydrogen-bond donors (Lipinski definition) is 0. The number of thiazole rings is 1. The van der Waals surface area contributed by atoms with Crippen molar-refractivity contribution in [3.05, 3.63) is 51.0 Å². The normalized spacial score (nSPS) is 11.0. The summed E-state index contributed by atoms with van der Waals surface area (Å²) >= 11 is 1.38. The van der Waals surface area contributed by atoms with Crippen LogP contribution in [0.5, 0.6) is 17.2 Å². The lowest BCUT2D eigenvalue weighted by molar-refractivity contribution is -0.384. The first-order valence-electron chi connectivity index (χ1n) is 7.59. The summed E-state index contributed by atoms with van der Waals surface area (Å²) in [6.07, 6.45) is 3.69. The SMILES string of the molecule is COc1ccc(/C=C/c2nc3ccc([N+](=O)[O-])cc3s2)c(OC)c1OC. The molecule has 0 saturated carbocycles. The largest absolute Gasteiger partial charge is 0.493 e. The minimum absolute atomic E-state index is 0.0539. The molecule has 3 aromatic rings. The van der Waals surface area contributed by atoms with Gasteiger partial charge in [0.2, 0.25) is 5.75 Å². The minimum Gasteiger partial charge on any atom is -0.493 e. The van der Waals surface area contributed by atoms with Gasteiger partial charge in [-0.05, 0) is 30.4 Å². The zero-order chi connectivity index (χ0) is 18.7. The molecule has 0 aliphatic rings. The molecule has 2 aromatic carbocycles. The van der Waals surface area contributed by atoms with Crippen LogP contribution in [0.4, 0.5) is 5.69 Å². The van der Waals surface area contributed by atoms with Crippen LogP contribution in [0, 0.1) is 10.1 Å². The standard InChI is InChI=1S/C18H16N2O5S/c1-23-14-8-4-11(17(24-2)18(14)25-3)5-9-16-19-13-7-6-12(20(21)22)10-15(13)26-16/h4-10H,1-3H3/b9-5+. The van der Waals surface area contributed by atoms with Crippen molar-refractivity contribution in [2.45, 2.75) is 0 Å². The number of benzene rings is 2. The van der Waals surface area contributed by atoms with Crippen LogP contribution in [0.1, 0.15) is 10.6 Å². The first-order chi connectivity index (χ1) is 12.6. The average Bonchev–Trinajstić information content (AvgIpc) is 3.07. The minimum atomic E-state index is -0.414. The van der Waals surface area contributed by atoms with E-state index in [0.717, 1.165) is 20.8 Å². The lowest BCUT2D eigenvalue weighted by Gasteiger charge is -2.13. The number of nitro benzene ring substituents is 1. The molecule has 0 unspecified atom stereocenters. The summed E-state index contributed by atoms with van der Waals surface area (Å²) in [6.45, 7) is 0. The summed E-state index contributed by atoms with van der Waals surface area (Å²) in [6, 6.07) is 8.28. The maximum atomic E-state index is 10.9. The second-order valence-electron chi connectivity index (χ2n) is 5.22. The van der Waals surface area contributed by atoms with Crippen molar-refractivity contribution in [1.82, 2.24) is 4.98 Å². The van der Waals surface area contributed by atoms with Gasteiger partial charge in [-0.1, -0.05) is 0 Å². The van der Waals surface area contributed by atoms with Crippen molar-refractivity contribution in [2.24, 2.45) is 0 Å². The highest BCUT2D eigenvalue weighted by atomic mass is 32.1. The second-order valence-corrected chi connectivity index (χ2v) is 6.28. The summed E-state index contributed by atoms with van der Waals surface area (Å²) < 4.78 is 16.9. The molecule has 0 N–H and O–H groups in total. The van der Waals surface area contributed by atoms with Gasteiger partial charge in [0.05, 0.1) is 36.5 Å². The van der Waals surface area contributed by atoms with Gasteiger partial charge in [-0.3, -0.25) is 10.1 Å². The molecule has 0 spiro atoms. The molecular weight excluding hydrogens is 356 g/mol. The summed E-state index contributed by atoms with van der Waals surface area (Å²) in [4.78, 5) is 14.9. The number of non-ortho nitro benzene ring substituents is 1. The third kappa shape index (κ3) is 3.31. The number of methoxy groups -OCH3 is 3. The van der Waals surface area contributed by atoms with E-state index in [0.29, 0.717) is 17.2 Å². The molecule has 0 radical (unpaired) electrons. The number of aromatic nitrogens is 1. The highest BCUT2D eigenvalue weighted by Crippen LogP contribution is 2.40. The van der Waals surface area contributed by atoms with Crippen LogP contribution in [0.25, 0.3) is 22.4 Å². The van der Waals surface area contributed by atoms with E-state index in [2.05, 4.69) is 4.98 Å². The highest BCUT2D eigenvalue weighted by Gasteiger charge is 2.14. The number of ether oxygens (including phenoxy) is 3. The molecular formula is C18H16N2O5S. The molecule has 1 heterocycles. The Morgan fingerprint density at radius 3 is 2.46 bits per heavy atom. The molecule has 0 atom stereocenters. The molecule has 0 bridgehead atoms. The molecule has 0 aliphatic heterocycles. The lowest BCUT2D eigenvalue weighted by Crippen LogP contribution is -1.96. The van der Waals surface area contributed by atoms with Crippen LogP contribution in [0.3, 0.4) is 0 Å². The van der Waals surface area contributed by atoms with Gasteiger partial charge in [0.25, 0.3) is 5.69 Å². The maximum absolute atomic E-state index is 10.9. The monoisotopic (exact) mass is 372 g/mol. The van der Waals surface area contributed by atoms with Crippen LogP contribution in [0.15, 0.2) is 30.3 Å². The highest BCUT2D eigenvalue weighted by molar-refractivity contribution is 7.19. The fourth-order valence-corrected chi connectivity index (χ4v) is 3.44. The van der Waals surface area contributed by atoms with E-state index in [1.54, 1.807) is 33.5 Å². The quantitative estimate of drug-likeness (QED) is 0.471. The molecule has 26 heavy (non-hydrogen) atoms. The van der Waals surface area contributed by atoms with Crippen molar-refractivity contribution < 1.29 is 19.1 Å². The number of fused-ring (bicyclic) bond motifs is 1. The Hall–Kier alpha value is -3.13. The molecule has 1 aromatic heterocycles. The Kier molecular flexibility index (Phi) is 5.04. The van der Waals surface area contributed by atoms with Gasteiger partial charge in [-0.25, -0.2) is 4.98 Å². The molecule has 0 aliphatic carbocycles. The molecule has 8 heteroatoms. The van der Waals surface area contributed by atoms with E-state index >= 15 is 0 Å². The topological polar surface area (TPSA) is 83.7 Å². The van der Waals surface area contributed by atoms with Crippen molar-refractivity contribution in [3.63, 3.8) is 0 Å². The van der Waals surface area contributed by atoms with Gasteiger partial charge in [0.15, 0.2) is 11.5 Å². The van der Waals surface area contributed by atoms with Gasteiger partial charge in [-0.2, -0.15) is 0 Å². The Labute approximate surface area is 153 Å². The zero-order valence-electron chi connectivity index (χ0n) is 14.4. The van der Waals surface area contributed by atoms with E-state index in [-0.39, 0.29) is 5.69 Å². The van der Waals surface area contributed by atoms with Crippen molar-refractivity contribution >= 4 is 39.4 Å². The number of hydrogen-bond acceptors (Lipinski definition) is 7. The zero-order valence-corrected chi connectivity index (χ0v) is 15.2. The van der Waals surface area contributed by atoms with Gasteiger partial charge in [-0.15, -0.1) is 11.3 Å². The number of nitro groups is 1. The van der Waals surface area contributed by atoms with Gasteiger partial charge < -0.3 is 14.2 Å². The third-order valence-electron chi connectivity index (χ3n) is 3.74. The van der Waals surface area contributed by atoms with Crippen LogP contribution in [-0.2, 0) is 0 Å². The lowest BCUT2D eigenvalue weighted by atomic mass is 10.1. The molecule has 0 amide bonds. The van der Waals surface area contributed by atoms with Crippen molar-refractivity contribution in [2.75, 3.05) is 21.3 Å². The fourth-order valence-electron chi connectivity index (χ4n) is 2.53. The van der Waals surface area contributed by atoms with Crippen LogP contribution < -0.4 is 14.2 Å². The first kappa shape index (κ1) is 17.7. The van der Waals surface area contributed by atoms with E-state index in [9.17, 15) is 10.1 Å². The number of rotatable bonds is 6. The predicted molar refractivity (Wildman–Crippen MR) is 101 cm³/mol. The second kappa shape index (κ2) is 7.40. The molecule has 134 valence electrons. The summed E-state index contributed by atoms with van der Waals surface area (Å²) in [5.41, 5.74) is 1.58. The van der Waals surface area contributed by atoms with E-state index in [1.165, 1.54) is 23.5 Å².